The normalized spacial score (nSPS) is 15.1. The number of benzene rings is 2. The van der Waals surface area contributed by atoms with Gasteiger partial charge in [-0.25, -0.2) is 8.91 Å². The summed E-state index contributed by atoms with van der Waals surface area (Å²) in [5.41, 5.74) is 4.34. The predicted octanol–water partition coefficient (Wildman–Crippen LogP) is 4.02. The van der Waals surface area contributed by atoms with Crippen LogP contribution in [0.5, 0.6) is 17.2 Å². The highest BCUT2D eigenvalue weighted by Crippen LogP contribution is 2.43. The Kier molecular flexibility index (Phi) is 6.27. The smallest absolute Gasteiger partial charge is 0.203 e. The molecule has 0 N–H and O–H groups in total. The van der Waals surface area contributed by atoms with E-state index >= 15 is 0 Å². The van der Waals surface area contributed by atoms with Crippen molar-refractivity contribution in [3.05, 3.63) is 64.9 Å². The quantitative estimate of drug-likeness (QED) is 0.382. The summed E-state index contributed by atoms with van der Waals surface area (Å²) in [5, 5.41) is 13.4. The van der Waals surface area contributed by atoms with E-state index in [2.05, 4.69) is 10.2 Å². The van der Waals surface area contributed by atoms with Gasteiger partial charge in [-0.15, -0.1) is 10.2 Å². The van der Waals surface area contributed by atoms with E-state index in [-0.39, 0.29) is 30.5 Å². The molecule has 0 saturated carbocycles. The van der Waals surface area contributed by atoms with Crippen molar-refractivity contribution in [2.45, 2.75) is 25.4 Å². The molecule has 4 aromatic rings. The van der Waals surface area contributed by atoms with E-state index in [1.54, 1.807) is 45.1 Å². The minimum absolute atomic E-state index is 0.128. The molecule has 186 valence electrons. The van der Waals surface area contributed by atoms with Crippen LogP contribution >= 0.6 is 0 Å². The van der Waals surface area contributed by atoms with Gasteiger partial charge in [0.1, 0.15) is 5.82 Å². The highest BCUT2D eigenvalue weighted by atomic mass is 19.1. The summed E-state index contributed by atoms with van der Waals surface area (Å²) in [6.45, 7) is 0.217. The first-order chi connectivity index (χ1) is 17.5. The largest absolute Gasteiger partial charge is 0.493 e. The molecule has 36 heavy (non-hydrogen) atoms. The van der Waals surface area contributed by atoms with Crippen molar-refractivity contribution in [2.75, 3.05) is 28.4 Å². The van der Waals surface area contributed by atoms with Crippen molar-refractivity contribution in [3.63, 3.8) is 0 Å². The fourth-order valence-electron chi connectivity index (χ4n) is 4.74. The first-order valence-electron chi connectivity index (χ1n) is 11.3. The molecule has 0 fully saturated rings. The van der Waals surface area contributed by atoms with Gasteiger partial charge in [-0.2, -0.15) is 5.10 Å². The third kappa shape index (κ3) is 3.93. The van der Waals surface area contributed by atoms with Crippen LogP contribution in [0, 0.1) is 5.82 Å². The molecule has 1 aliphatic rings. The maximum atomic E-state index is 13.6. The van der Waals surface area contributed by atoms with Gasteiger partial charge in [0.15, 0.2) is 28.6 Å². The number of ether oxygens (including phenoxy) is 4. The Balaban J connectivity index is 1.65. The molecule has 1 atom stereocenters. The third-order valence-electron chi connectivity index (χ3n) is 6.42. The number of carbonyl (C=O) groups excluding carboxylic acids is 1. The molecule has 9 nitrogen and oxygen atoms in total. The van der Waals surface area contributed by atoms with E-state index in [0.29, 0.717) is 52.0 Å². The lowest BCUT2D eigenvalue weighted by Gasteiger charge is -2.24. The lowest BCUT2D eigenvalue weighted by atomic mass is 9.83. The molecule has 2 aromatic heterocycles. The Bertz CT molecular complexity index is 1430. The summed E-state index contributed by atoms with van der Waals surface area (Å²) in [5.74, 6) is 0.879. The average molecular weight is 493 g/mol. The van der Waals surface area contributed by atoms with Crippen molar-refractivity contribution in [3.8, 4) is 28.4 Å². The lowest BCUT2D eigenvalue weighted by Crippen LogP contribution is -2.24. The number of aromatic nitrogens is 4. The molecule has 0 saturated heterocycles. The van der Waals surface area contributed by atoms with Crippen molar-refractivity contribution < 1.29 is 28.1 Å². The molecule has 1 aliphatic carbocycles. The molecule has 2 aromatic carbocycles. The van der Waals surface area contributed by atoms with Gasteiger partial charge in [0.25, 0.3) is 0 Å². The molecule has 5 rings (SSSR count). The minimum atomic E-state index is -0.342. The molecule has 0 radical (unpaired) electrons. The maximum Gasteiger partial charge on any atom is 0.203 e. The van der Waals surface area contributed by atoms with Gasteiger partial charge >= 0.3 is 0 Å². The number of hydrogen-bond acceptors (Lipinski definition) is 8. The maximum absolute atomic E-state index is 13.6. The molecule has 10 heteroatoms. The highest BCUT2D eigenvalue weighted by molar-refractivity contribution is 5.97. The van der Waals surface area contributed by atoms with Crippen molar-refractivity contribution in [1.82, 2.24) is 19.8 Å². The number of Topliss-reactive ketones (excluding diaryl/α,β-unsaturated/α-hetero) is 1. The van der Waals surface area contributed by atoms with E-state index in [4.69, 9.17) is 24.0 Å². The fourth-order valence-corrected chi connectivity index (χ4v) is 4.74. The van der Waals surface area contributed by atoms with Crippen LogP contribution in [0.2, 0.25) is 0 Å². The highest BCUT2D eigenvalue weighted by Gasteiger charge is 2.33. The summed E-state index contributed by atoms with van der Waals surface area (Å²) in [7, 11) is 6.23. The second kappa shape index (κ2) is 9.54. The summed E-state index contributed by atoms with van der Waals surface area (Å²) in [6.07, 6.45) is 0.742. The van der Waals surface area contributed by atoms with Crippen LogP contribution in [-0.4, -0.2) is 54.0 Å². The zero-order valence-corrected chi connectivity index (χ0v) is 20.4. The number of ketones is 1. The number of carbonyl (C=O) groups is 1. The number of rotatable bonds is 7. The molecule has 0 spiro atoms. The van der Waals surface area contributed by atoms with E-state index in [1.165, 1.54) is 12.1 Å². The second-order valence-corrected chi connectivity index (χ2v) is 8.48. The second-order valence-electron chi connectivity index (χ2n) is 8.48. The Morgan fingerprint density at radius 3 is 2.28 bits per heavy atom. The van der Waals surface area contributed by atoms with E-state index in [1.807, 2.05) is 12.1 Å². The topological polar surface area (TPSA) is 97.1 Å². The molecule has 0 bridgehead atoms. The Morgan fingerprint density at radius 1 is 0.972 bits per heavy atom. The van der Waals surface area contributed by atoms with Crippen LogP contribution in [0.4, 0.5) is 4.39 Å². The molecular weight excluding hydrogens is 467 g/mol. The lowest BCUT2D eigenvalue weighted by molar-refractivity contribution is 0.0955. The molecule has 0 amide bonds. The van der Waals surface area contributed by atoms with E-state index < -0.39 is 0 Å². The third-order valence-corrected chi connectivity index (χ3v) is 6.42. The van der Waals surface area contributed by atoms with Crippen LogP contribution in [0.25, 0.3) is 16.8 Å². The predicted molar refractivity (Wildman–Crippen MR) is 128 cm³/mol. The standard InChI is InChI=1S/C26H25FN4O5/c1-33-13-18-23(14-5-7-17(27)8-6-14)26-29-28-24-19(31(26)30-18)9-15(10-20(24)32)16-11-21(34-2)25(36-4)22(12-16)35-3/h5-8,11-12,15H,9-10,13H2,1-4H3/t15-/m1/s1. The summed E-state index contributed by atoms with van der Waals surface area (Å²) >= 11 is 0. The number of halogens is 1. The minimum Gasteiger partial charge on any atom is -0.493 e. The molecular formula is C26H25FN4O5. The SMILES string of the molecule is COCc1nn2c3c(nnc2c1-c1ccc(F)cc1)C(=O)C[C@H](c1cc(OC)c(OC)c(OC)c1)C3. The van der Waals surface area contributed by atoms with Gasteiger partial charge in [0, 0.05) is 13.5 Å². The summed E-state index contributed by atoms with van der Waals surface area (Å²) in [6, 6.07) is 9.81. The molecule has 0 aliphatic heterocycles. The van der Waals surface area contributed by atoms with Crippen LogP contribution in [0.15, 0.2) is 36.4 Å². The Labute approximate surface area is 206 Å². The Hall–Kier alpha value is -4.05. The first-order valence-corrected chi connectivity index (χ1v) is 11.3. The van der Waals surface area contributed by atoms with Crippen LogP contribution in [-0.2, 0) is 17.8 Å². The summed E-state index contributed by atoms with van der Waals surface area (Å²) in [4.78, 5) is 13.2. The zero-order chi connectivity index (χ0) is 25.4. The van der Waals surface area contributed by atoms with E-state index in [9.17, 15) is 9.18 Å². The van der Waals surface area contributed by atoms with E-state index in [0.717, 1.165) is 11.1 Å². The van der Waals surface area contributed by atoms with Gasteiger partial charge in [-0.05, 0) is 47.7 Å². The van der Waals surface area contributed by atoms with Gasteiger partial charge in [0.05, 0.1) is 44.9 Å². The fraction of sp³-hybridized carbons (Fsp3) is 0.308. The van der Waals surface area contributed by atoms with Crippen LogP contribution in [0.1, 0.15) is 39.8 Å². The van der Waals surface area contributed by atoms with Gasteiger partial charge in [0.2, 0.25) is 5.75 Å². The van der Waals surface area contributed by atoms with Crippen molar-refractivity contribution >= 4 is 11.4 Å². The monoisotopic (exact) mass is 492 g/mol. The average Bonchev–Trinajstić information content (AvgIpc) is 3.26. The van der Waals surface area contributed by atoms with Gasteiger partial charge in [-0.3, -0.25) is 4.79 Å². The van der Waals surface area contributed by atoms with Crippen LogP contribution in [0.3, 0.4) is 0 Å². The molecule has 0 unspecified atom stereocenters. The van der Waals surface area contributed by atoms with Gasteiger partial charge in [-0.1, -0.05) is 12.1 Å². The molecule has 2 heterocycles. The number of hydrogen-bond donors (Lipinski definition) is 0. The van der Waals surface area contributed by atoms with Crippen LogP contribution < -0.4 is 14.2 Å². The Morgan fingerprint density at radius 2 is 1.67 bits per heavy atom. The first kappa shape index (κ1) is 23.7. The summed E-state index contributed by atoms with van der Waals surface area (Å²) < 4.78 is 37.1. The number of fused-ring (bicyclic) bond motifs is 3. The van der Waals surface area contributed by atoms with Gasteiger partial charge < -0.3 is 18.9 Å². The van der Waals surface area contributed by atoms with Crippen molar-refractivity contribution in [2.24, 2.45) is 0 Å². The zero-order valence-electron chi connectivity index (χ0n) is 20.4. The number of nitrogens with zero attached hydrogens (tertiary/aromatic N) is 4. The number of methoxy groups -OCH3 is 4. The van der Waals surface area contributed by atoms with Crippen molar-refractivity contribution in [1.29, 1.82) is 0 Å².